The Morgan fingerprint density at radius 3 is 2.54 bits per heavy atom. The summed E-state index contributed by atoms with van der Waals surface area (Å²) in [5, 5.41) is 0.116. The molecule has 0 bridgehead atoms. The maximum absolute atomic E-state index is 12.8. The second kappa shape index (κ2) is 8.42. The van der Waals surface area contributed by atoms with Crippen LogP contribution in [0.15, 0.2) is 11.6 Å². The molecule has 156 valence electrons. The molecule has 5 nitrogen and oxygen atoms in total. The number of terminal acetylenes is 1. The molecule has 6 heteroatoms. The highest BCUT2D eigenvalue weighted by Crippen LogP contribution is 2.47. The van der Waals surface area contributed by atoms with Crippen LogP contribution < -0.4 is 0 Å². The predicted octanol–water partition coefficient (Wildman–Crippen LogP) is 3.94. The van der Waals surface area contributed by atoms with Gasteiger partial charge in [0.05, 0.1) is 18.4 Å². The van der Waals surface area contributed by atoms with Gasteiger partial charge >= 0.3 is 11.9 Å². The lowest BCUT2D eigenvalue weighted by atomic mass is 9.66. The van der Waals surface area contributed by atoms with Crippen LogP contribution in [0.25, 0.3) is 0 Å². The van der Waals surface area contributed by atoms with E-state index in [2.05, 4.69) is 39.8 Å². The van der Waals surface area contributed by atoms with Gasteiger partial charge in [-0.1, -0.05) is 38.3 Å². The van der Waals surface area contributed by atoms with E-state index >= 15 is 0 Å². The number of allylic oxidation sites excluding steroid dienone is 1. The molecule has 1 saturated heterocycles. The van der Waals surface area contributed by atoms with Crippen molar-refractivity contribution in [2.75, 3.05) is 13.2 Å². The van der Waals surface area contributed by atoms with Crippen molar-refractivity contribution in [1.82, 2.24) is 0 Å². The Morgan fingerprint density at radius 2 is 2.00 bits per heavy atom. The van der Waals surface area contributed by atoms with Crippen LogP contribution in [0.1, 0.15) is 41.0 Å². The van der Waals surface area contributed by atoms with Gasteiger partial charge in [0, 0.05) is 12.5 Å². The molecule has 1 heterocycles. The van der Waals surface area contributed by atoms with E-state index in [1.165, 1.54) is 0 Å². The van der Waals surface area contributed by atoms with Crippen molar-refractivity contribution in [3.8, 4) is 12.3 Å². The zero-order chi connectivity index (χ0) is 21.3. The minimum absolute atomic E-state index is 0.116. The molecule has 1 aliphatic heterocycles. The van der Waals surface area contributed by atoms with E-state index in [4.69, 9.17) is 20.3 Å². The number of rotatable bonds is 6. The zero-order valence-electron chi connectivity index (χ0n) is 18.2. The van der Waals surface area contributed by atoms with Crippen LogP contribution in [-0.2, 0) is 23.5 Å². The molecular formula is C22H34O5Si. The molecule has 0 radical (unpaired) electrons. The van der Waals surface area contributed by atoms with Crippen molar-refractivity contribution >= 4 is 20.3 Å². The molecule has 2 aliphatic rings. The Morgan fingerprint density at radius 1 is 1.36 bits per heavy atom. The Kier molecular flexibility index (Phi) is 6.83. The third kappa shape index (κ3) is 4.36. The topological polar surface area (TPSA) is 61.8 Å². The summed E-state index contributed by atoms with van der Waals surface area (Å²) in [6.45, 7) is 15.6. The second-order valence-electron chi connectivity index (χ2n) is 9.32. The molecule has 28 heavy (non-hydrogen) atoms. The van der Waals surface area contributed by atoms with E-state index in [1.807, 2.05) is 13.0 Å². The van der Waals surface area contributed by atoms with Gasteiger partial charge in [0.25, 0.3) is 0 Å². The van der Waals surface area contributed by atoms with Gasteiger partial charge < -0.3 is 13.9 Å². The van der Waals surface area contributed by atoms with Gasteiger partial charge in [-0.25, -0.2) is 0 Å². The molecule has 1 fully saturated rings. The monoisotopic (exact) mass is 406 g/mol. The molecule has 2 rings (SSSR count). The standard InChI is InChI=1S/C22H34O5Si/c1-9-17-16-13-14(3)15(11-12-26-28(7,8)22(4,5)6)18(20(23)25-10-2)19(16)21(24)27-17/h1,13,15-19H,10-12H2,2-8H3/t15-,16-,17-,18-,19-/m0/s1. The van der Waals surface area contributed by atoms with Crippen molar-refractivity contribution in [1.29, 1.82) is 0 Å². The molecule has 0 saturated carbocycles. The number of carbonyl (C=O) groups excluding carboxylic acids is 2. The van der Waals surface area contributed by atoms with Crippen molar-refractivity contribution in [2.45, 2.75) is 65.3 Å². The summed E-state index contributed by atoms with van der Waals surface area (Å²) in [5.41, 5.74) is 1.05. The van der Waals surface area contributed by atoms with E-state index in [1.54, 1.807) is 6.92 Å². The van der Waals surface area contributed by atoms with E-state index in [0.717, 1.165) is 5.57 Å². The molecule has 5 atom stereocenters. The third-order valence-corrected chi connectivity index (χ3v) is 11.1. The minimum Gasteiger partial charge on any atom is -0.466 e. The summed E-state index contributed by atoms with van der Waals surface area (Å²) in [6, 6.07) is 0. The number of ether oxygens (including phenoxy) is 2. The van der Waals surface area contributed by atoms with Crippen LogP contribution in [0.2, 0.25) is 18.1 Å². The Balaban J connectivity index is 2.26. The number of fused-ring (bicyclic) bond motifs is 1. The molecule has 0 aromatic heterocycles. The maximum atomic E-state index is 12.8. The molecular weight excluding hydrogens is 372 g/mol. The summed E-state index contributed by atoms with van der Waals surface area (Å²) in [5.74, 6) is 0.241. The van der Waals surface area contributed by atoms with Crippen molar-refractivity contribution in [2.24, 2.45) is 23.7 Å². The van der Waals surface area contributed by atoms with E-state index < -0.39 is 32.2 Å². The van der Waals surface area contributed by atoms with Gasteiger partial charge in [-0.15, -0.1) is 6.42 Å². The molecule has 0 spiro atoms. The van der Waals surface area contributed by atoms with Crippen LogP contribution in [0.5, 0.6) is 0 Å². The molecule has 0 N–H and O–H groups in total. The summed E-state index contributed by atoms with van der Waals surface area (Å²) in [6.07, 6.45) is 7.61. The fourth-order valence-electron chi connectivity index (χ4n) is 3.92. The SMILES string of the molecule is C#C[C@@H]1OC(=O)[C@H]2[C@H]1C=C(C)[C@H](CCO[Si](C)(C)C(C)(C)C)[C@@H]2C(=O)OCC. The Bertz CT molecular complexity index is 682. The van der Waals surface area contributed by atoms with Crippen LogP contribution >= 0.6 is 0 Å². The first-order valence-corrected chi connectivity index (χ1v) is 13.0. The molecule has 0 aromatic carbocycles. The van der Waals surface area contributed by atoms with Crippen LogP contribution in [0.4, 0.5) is 0 Å². The Labute approximate surface area is 170 Å². The average Bonchev–Trinajstić information content (AvgIpc) is 2.89. The summed E-state index contributed by atoms with van der Waals surface area (Å²) in [7, 11) is -1.89. The fraction of sp³-hybridized carbons (Fsp3) is 0.727. The van der Waals surface area contributed by atoms with Gasteiger partial charge in [0.2, 0.25) is 0 Å². The molecule has 0 unspecified atom stereocenters. The van der Waals surface area contributed by atoms with E-state index in [9.17, 15) is 9.59 Å². The van der Waals surface area contributed by atoms with Crippen molar-refractivity contribution < 1.29 is 23.5 Å². The predicted molar refractivity (Wildman–Crippen MR) is 111 cm³/mol. The number of carbonyl (C=O) groups is 2. The zero-order valence-corrected chi connectivity index (χ0v) is 19.2. The first-order chi connectivity index (χ1) is 12.9. The number of hydrogen-bond donors (Lipinski definition) is 0. The largest absolute Gasteiger partial charge is 0.466 e. The van der Waals surface area contributed by atoms with Crippen molar-refractivity contribution in [3.05, 3.63) is 11.6 Å². The number of esters is 2. The van der Waals surface area contributed by atoms with E-state index in [0.29, 0.717) is 13.0 Å². The normalized spacial score (nSPS) is 30.1. The molecule has 1 aliphatic carbocycles. The second-order valence-corrected chi connectivity index (χ2v) is 14.1. The minimum atomic E-state index is -1.89. The van der Waals surface area contributed by atoms with Gasteiger partial charge in [0.15, 0.2) is 14.4 Å². The van der Waals surface area contributed by atoms with Crippen LogP contribution in [0, 0.1) is 36.0 Å². The number of cyclic esters (lactones) is 1. The maximum Gasteiger partial charge on any atom is 0.311 e. The summed E-state index contributed by atoms with van der Waals surface area (Å²) < 4.78 is 17.0. The summed E-state index contributed by atoms with van der Waals surface area (Å²) >= 11 is 0. The van der Waals surface area contributed by atoms with Crippen molar-refractivity contribution in [3.63, 3.8) is 0 Å². The lowest BCUT2D eigenvalue weighted by molar-refractivity contribution is -0.158. The fourth-order valence-corrected chi connectivity index (χ4v) is 4.99. The highest BCUT2D eigenvalue weighted by molar-refractivity contribution is 6.74. The first kappa shape index (κ1) is 22.7. The quantitative estimate of drug-likeness (QED) is 0.289. The summed E-state index contributed by atoms with van der Waals surface area (Å²) in [4.78, 5) is 25.4. The van der Waals surface area contributed by atoms with Gasteiger partial charge in [-0.2, -0.15) is 0 Å². The van der Waals surface area contributed by atoms with Gasteiger partial charge in [0.1, 0.15) is 0 Å². The molecule has 0 amide bonds. The first-order valence-electron chi connectivity index (χ1n) is 10.1. The lowest BCUT2D eigenvalue weighted by Crippen LogP contribution is -2.44. The lowest BCUT2D eigenvalue weighted by Gasteiger charge is -2.38. The van der Waals surface area contributed by atoms with Gasteiger partial charge in [-0.05, 0) is 44.3 Å². The van der Waals surface area contributed by atoms with E-state index in [-0.39, 0.29) is 29.5 Å². The highest BCUT2D eigenvalue weighted by Gasteiger charge is 2.55. The highest BCUT2D eigenvalue weighted by atomic mass is 28.4. The number of hydrogen-bond acceptors (Lipinski definition) is 5. The van der Waals surface area contributed by atoms with Gasteiger partial charge in [-0.3, -0.25) is 9.59 Å². The average molecular weight is 407 g/mol. The molecule has 0 aromatic rings. The smallest absolute Gasteiger partial charge is 0.311 e. The van der Waals surface area contributed by atoms with Crippen LogP contribution in [0.3, 0.4) is 0 Å². The van der Waals surface area contributed by atoms with Crippen LogP contribution in [-0.4, -0.2) is 39.6 Å². The Hall–Kier alpha value is -1.58. The third-order valence-electron chi connectivity index (χ3n) is 6.56.